The van der Waals surface area contributed by atoms with Gasteiger partial charge in [0.25, 0.3) is 11.8 Å². The fraction of sp³-hybridized carbons (Fsp3) is 0.103. The van der Waals surface area contributed by atoms with Gasteiger partial charge in [0.15, 0.2) is 6.61 Å². The Bertz CT molecular complexity index is 1290. The lowest BCUT2D eigenvalue weighted by molar-refractivity contribution is -0.145. The molecular formula is C29H27N3O5. The van der Waals surface area contributed by atoms with Crippen LogP contribution in [0.25, 0.3) is 6.08 Å². The Kier molecular flexibility index (Phi) is 10.4. The summed E-state index contributed by atoms with van der Waals surface area (Å²) >= 11 is 0. The number of benzene rings is 3. The van der Waals surface area contributed by atoms with Gasteiger partial charge in [-0.2, -0.15) is 5.10 Å². The number of amides is 2. The van der Waals surface area contributed by atoms with Gasteiger partial charge in [-0.1, -0.05) is 72.8 Å². The summed E-state index contributed by atoms with van der Waals surface area (Å²) in [6.07, 6.45) is 6.35. The summed E-state index contributed by atoms with van der Waals surface area (Å²) in [5.41, 5.74) is 4.30. The second kappa shape index (κ2) is 14.4. The maximum Gasteiger partial charge on any atom is 0.344 e. The third kappa shape index (κ3) is 8.95. The Morgan fingerprint density at radius 3 is 2.30 bits per heavy atom. The van der Waals surface area contributed by atoms with Crippen LogP contribution in [0.15, 0.2) is 108 Å². The first-order valence-corrected chi connectivity index (χ1v) is 11.6. The van der Waals surface area contributed by atoms with Crippen molar-refractivity contribution in [2.24, 2.45) is 5.10 Å². The minimum Gasteiger partial charge on any atom is -0.481 e. The van der Waals surface area contributed by atoms with Crippen molar-refractivity contribution in [1.29, 1.82) is 0 Å². The average molecular weight is 498 g/mol. The van der Waals surface area contributed by atoms with Crippen molar-refractivity contribution in [2.45, 2.75) is 6.92 Å². The fourth-order valence-corrected chi connectivity index (χ4v) is 3.06. The third-order valence-corrected chi connectivity index (χ3v) is 4.82. The van der Waals surface area contributed by atoms with Crippen LogP contribution in [-0.4, -0.2) is 37.2 Å². The van der Waals surface area contributed by atoms with Crippen LogP contribution in [0.1, 0.15) is 28.4 Å². The van der Waals surface area contributed by atoms with Crippen molar-refractivity contribution in [3.63, 3.8) is 0 Å². The van der Waals surface area contributed by atoms with E-state index in [1.807, 2.05) is 36.4 Å². The Morgan fingerprint density at radius 1 is 0.892 bits per heavy atom. The van der Waals surface area contributed by atoms with Gasteiger partial charge in [0, 0.05) is 11.1 Å². The van der Waals surface area contributed by atoms with E-state index in [0.717, 1.165) is 5.56 Å². The Morgan fingerprint density at radius 2 is 1.57 bits per heavy atom. The number of hydrogen-bond donors (Lipinski definition) is 2. The maximum absolute atomic E-state index is 12.9. The number of esters is 1. The topological polar surface area (TPSA) is 106 Å². The van der Waals surface area contributed by atoms with Gasteiger partial charge in [0.2, 0.25) is 0 Å². The first kappa shape index (κ1) is 26.6. The molecule has 8 nitrogen and oxygen atoms in total. The summed E-state index contributed by atoms with van der Waals surface area (Å²) in [7, 11) is 0. The van der Waals surface area contributed by atoms with Crippen LogP contribution in [0.3, 0.4) is 0 Å². The highest BCUT2D eigenvalue weighted by Gasteiger charge is 2.13. The molecule has 0 aliphatic carbocycles. The molecule has 3 rings (SSSR count). The summed E-state index contributed by atoms with van der Waals surface area (Å²) in [5, 5.41) is 6.63. The molecule has 2 N–H and O–H groups in total. The molecule has 2 amide bonds. The highest BCUT2D eigenvalue weighted by atomic mass is 16.6. The SMILES string of the molecule is CCOC(=O)COc1ccccc1/C=N\NC(=O)/C(=C/C=C/c1ccccc1)NC(=O)c1ccccc1. The number of rotatable bonds is 11. The van der Waals surface area contributed by atoms with E-state index in [2.05, 4.69) is 15.8 Å². The molecule has 0 spiro atoms. The number of allylic oxidation sites excluding steroid dienone is 2. The Hall–Kier alpha value is -4.98. The number of nitrogens with zero attached hydrogens (tertiary/aromatic N) is 1. The van der Waals surface area contributed by atoms with E-state index in [1.165, 1.54) is 12.3 Å². The molecule has 0 heterocycles. The summed E-state index contributed by atoms with van der Waals surface area (Å²) in [6.45, 7) is 1.72. The van der Waals surface area contributed by atoms with Crippen molar-refractivity contribution in [3.8, 4) is 5.75 Å². The summed E-state index contributed by atoms with van der Waals surface area (Å²) in [4.78, 5) is 37.1. The van der Waals surface area contributed by atoms with Crippen LogP contribution in [0.5, 0.6) is 5.75 Å². The Labute approximate surface area is 215 Å². The fourth-order valence-electron chi connectivity index (χ4n) is 3.06. The Balaban J connectivity index is 1.72. The van der Waals surface area contributed by atoms with Gasteiger partial charge < -0.3 is 14.8 Å². The molecule has 0 bridgehead atoms. The molecule has 3 aromatic carbocycles. The first-order valence-electron chi connectivity index (χ1n) is 11.6. The second-order valence-corrected chi connectivity index (χ2v) is 7.50. The third-order valence-electron chi connectivity index (χ3n) is 4.82. The van der Waals surface area contributed by atoms with E-state index in [9.17, 15) is 14.4 Å². The van der Waals surface area contributed by atoms with E-state index >= 15 is 0 Å². The van der Waals surface area contributed by atoms with E-state index in [-0.39, 0.29) is 18.9 Å². The number of hydrazone groups is 1. The number of carbonyl (C=O) groups is 3. The maximum atomic E-state index is 12.9. The average Bonchev–Trinajstić information content (AvgIpc) is 2.93. The number of para-hydroxylation sites is 1. The van der Waals surface area contributed by atoms with Gasteiger partial charge in [-0.25, -0.2) is 10.2 Å². The zero-order valence-electron chi connectivity index (χ0n) is 20.3. The number of nitrogens with one attached hydrogen (secondary N) is 2. The van der Waals surface area contributed by atoms with Crippen molar-refractivity contribution in [1.82, 2.24) is 10.7 Å². The first-order chi connectivity index (χ1) is 18.1. The van der Waals surface area contributed by atoms with Crippen LogP contribution >= 0.6 is 0 Å². The van der Waals surface area contributed by atoms with E-state index in [0.29, 0.717) is 16.9 Å². The number of carbonyl (C=O) groups excluding carboxylic acids is 3. The van der Waals surface area contributed by atoms with Gasteiger partial charge in [-0.15, -0.1) is 0 Å². The van der Waals surface area contributed by atoms with Crippen LogP contribution < -0.4 is 15.5 Å². The lowest BCUT2D eigenvalue weighted by atomic mass is 10.2. The van der Waals surface area contributed by atoms with Gasteiger partial charge in [-0.05, 0) is 42.8 Å². The largest absolute Gasteiger partial charge is 0.481 e. The van der Waals surface area contributed by atoms with E-state index < -0.39 is 17.8 Å². The smallest absolute Gasteiger partial charge is 0.344 e. The van der Waals surface area contributed by atoms with Gasteiger partial charge in [0.05, 0.1) is 12.8 Å². The minimum absolute atomic E-state index is 0.00466. The molecule has 0 radical (unpaired) electrons. The lowest BCUT2D eigenvalue weighted by Crippen LogP contribution is -2.32. The highest BCUT2D eigenvalue weighted by molar-refractivity contribution is 6.03. The standard InChI is InChI=1S/C29H27N3O5/c1-2-36-27(33)21-37-26-19-10-9-17-24(26)20-30-32-29(35)25(18-11-14-22-12-5-3-6-13-22)31-28(34)23-15-7-4-8-16-23/h3-20H,2,21H2,1H3,(H,31,34)(H,32,35)/b14-11+,25-18-,30-20-. The molecule has 37 heavy (non-hydrogen) atoms. The molecule has 0 atom stereocenters. The molecule has 0 fully saturated rings. The van der Waals surface area contributed by atoms with Crippen molar-refractivity contribution >= 4 is 30.1 Å². The molecule has 0 saturated carbocycles. The molecule has 8 heteroatoms. The molecule has 0 unspecified atom stereocenters. The monoisotopic (exact) mass is 497 g/mol. The van der Waals surface area contributed by atoms with Gasteiger partial charge in [-0.3, -0.25) is 9.59 Å². The molecular weight excluding hydrogens is 470 g/mol. The number of ether oxygens (including phenoxy) is 2. The van der Waals surface area contributed by atoms with Gasteiger partial charge >= 0.3 is 5.97 Å². The summed E-state index contributed by atoms with van der Waals surface area (Å²) in [5.74, 6) is -1.15. The van der Waals surface area contributed by atoms with Gasteiger partial charge in [0.1, 0.15) is 11.4 Å². The molecule has 3 aromatic rings. The van der Waals surface area contributed by atoms with Crippen LogP contribution in [-0.2, 0) is 14.3 Å². The zero-order valence-corrected chi connectivity index (χ0v) is 20.3. The van der Waals surface area contributed by atoms with Crippen molar-refractivity contribution in [2.75, 3.05) is 13.2 Å². The van der Waals surface area contributed by atoms with Crippen molar-refractivity contribution < 1.29 is 23.9 Å². The van der Waals surface area contributed by atoms with E-state index in [4.69, 9.17) is 9.47 Å². The molecule has 0 aliphatic heterocycles. The van der Waals surface area contributed by atoms with Crippen LogP contribution in [0.4, 0.5) is 0 Å². The molecule has 0 aliphatic rings. The number of hydrogen-bond acceptors (Lipinski definition) is 6. The summed E-state index contributed by atoms with van der Waals surface area (Å²) < 4.78 is 10.4. The van der Waals surface area contributed by atoms with Crippen LogP contribution in [0.2, 0.25) is 0 Å². The predicted molar refractivity (Wildman–Crippen MR) is 142 cm³/mol. The molecule has 0 saturated heterocycles. The second-order valence-electron chi connectivity index (χ2n) is 7.50. The quantitative estimate of drug-likeness (QED) is 0.136. The van der Waals surface area contributed by atoms with Crippen molar-refractivity contribution in [3.05, 3.63) is 119 Å². The van der Waals surface area contributed by atoms with E-state index in [1.54, 1.807) is 67.6 Å². The molecule has 188 valence electrons. The van der Waals surface area contributed by atoms with Crippen LogP contribution in [0, 0.1) is 0 Å². The zero-order chi connectivity index (χ0) is 26.3. The summed E-state index contributed by atoms with van der Waals surface area (Å²) in [6, 6.07) is 25.0. The lowest BCUT2D eigenvalue weighted by Gasteiger charge is -2.09. The minimum atomic E-state index is -0.622. The molecule has 0 aromatic heterocycles. The normalized spacial score (nSPS) is 11.3. The highest BCUT2D eigenvalue weighted by Crippen LogP contribution is 2.15. The predicted octanol–water partition coefficient (Wildman–Crippen LogP) is 4.11.